The van der Waals surface area contributed by atoms with Gasteiger partial charge in [0.05, 0.1) is 17.3 Å². The number of nitrogens with one attached hydrogen (secondary N) is 1. The highest BCUT2D eigenvalue weighted by atomic mass is 32.1. The third kappa shape index (κ3) is 1.96. The quantitative estimate of drug-likeness (QED) is 0.865. The van der Waals surface area contributed by atoms with Crippen LogP contribution in [-0.4, -0.2) is 19.1 Å². The molecule has 0 amide bonds. The zero-order valence-electron chi connectivity index (χ0n) is 9.13. The maximum absolute atomic E-state index is 5.24. The highest BCUT2D eigenvalue weighted by molar-refractivity contribution is 7.18. The van der Waals surface area contributed by atoms with Crippen molar-refractivity contribution in [2.24, 2.45) is 0 Å². The molecule has 0 bridgehead atoms. The van der Waals surface area contributed by atoms with Gasteiger partial charge in [0.1, 0.15) is 10.8 Å². The summed E-state index contributed by atoms with van der Waals surface area (Å²) >= 11 is 1.71. The number of methoxy groups -OCH3 is 1. The summed E-state index contributed by atoms with van der Waals surface area (Å²) in [4.78, 5) is 4.58. The summed E-state index contributed by atoms with van der Waals surface area (Å²) in [6.45, 7) is 2.88. The predicted molar refractivity (Wildman–Crippen MR) is 63.7 cm³/mol. The first-order chi connectivity index (χ1) is 7.24. The molecule has 0 aliphatic rings. The van der Waals surface area contributed by atoms with Gasteiger partial charge in [-0.05, 0) is 31.7 Å². The van der Waals surface area contributed by atoms with Gasteiger partial charge in [-0.2, -0.15) is 0 Å². The maximum atomic E-state index is 5.24. The molecule has 0 aliphatic heterocycles. The summed E-state index contributed by atoms with van der Waals surface area (Å²) in [5.41, 5.74) is 2.26. The molecular weight excluding hydrogens is 208 g/mol. The minimum atomic E-state index is 0.821. The van der Waals surface area contributed by atoms with Gasteiger partial charge in [-0.25, -0.2) is 4.98 Å². The molecular formula is C11H14N2OS. The lowest BCUT2D eigenvalue weighted by Crippen LogP contribution is -2.03. The maximum Gasteiger partial charge on any atom is 0.120 e. The van der Waals surface area contributed by atoms with Gasteiger partial charge in [-0.3, -0.25) is 0 Å². The van der Waals surface area contributed by atoms with Crippen molar-refractivity contribution in [2.45, 2.75) is 13.5 Å². The Labute approximate surface area is 93.1 Å². The Morgan fingerprint density at radius 3 is 2.93 bits per heavy atom. The Hall–Kier alpha value is -1.13. The number of aryl methyl sites for hydroxylation is 1. The summed E-state index contributed by atoms with van der Waals surface area (Å²) in [5, 5.41) is 4.22. The van der Waals surface area contributed by atoms with Crippen molar-refractivity contribution < 1.29 is 4.74 Å². The van der Waals surface area contributed by atoms with E-state index in [1.807, 2.05) is 19.2 Å². The van der Waals surface area contributed by atoms with Gasteiger partial charge in [0.15, 0.2) is 0 Å². The second-order valence-electron chi connectivity index (χ2n) is 3.43. The highest BCUT2D eigenvalue weighted by Gasteiger charge is 2.07. The molecule has 2 rings (SSSR count). The standard InChI is InChI=1S/C11H14N2OS/c1-7-4-8(14-3)5-9-11(7)13-10(15-9)6-12-2/h4-5,12H,6H2,1-3H3. The summed E-state index contributed by atoms with van der Waals surface area (Å²) < 4.78 is 6.43. The number of benzene rings is 1. The second kappa shape index (κ2) is 4.16. The van der Waals surface area contributed by atoms with Crippen LogP contribution >= 0.6 is 11.3 Å². The summed E-state index contributed by atoms with van der Waals surface area (Å²) in [7, 11) is 3.62. The zero-order chi connectivity index (χ0) is 10.8. The summed E-state index contributed by atoms with van der Waals surface area (Å²) in [6.07, 6.45) is 0. The SMILES string of the molecule is CNCc1nc2c(C)cc(OC)cc2s1. The largest absolute Gasteiger partial charge is 0.497 e. The van der Waals surface area contributed by atoms with Gasteiger partial charge in [-0.1, -0.05) is 0 Å². The number of rotatable bonds is 3. The van der Waals surface area contributed by atoms with E-state index in [1.165, 1.54) is 10.3 Å². The van der Waals surface area contributed by atoms with E-state index in [9.17, 15) is 0 Å². The van der Waals surface area contributed by atoms with Crippen LogP contribution in [0.15, 0.2) is 12.1 Å². The monoisotopic (exact) mass is 222 g/mol. The molecule has 0 saturated heterocycles. The summed E-state index contributed by atoms with van der Waals surface area (Å²) in [5.74, 6) is 0.902. The van der Waals surface area contributed by atoms with Crippen molar-refractivity contribution in [3.05, 3.63) is 22.7 Å². The van der Waals surface area contributed by atoms with Crippen LogP contribution in [0.25, 0.3) is 10.2 Å². The van der Waals surface area contributed by atoms with E-state index in [4.69, 9.17) is 4.74 Å². The first-order valence-electron chi connectivity index (χ1n) is 4.83. The van der Waals surface area contributed by atoms with Crippen LogP contribution in [0.1, 0.15) is 10.6 Å². The number of nitrogens with zero attached hydrogens (tertiary/aromatic N) is 1. The fourth-order valence-electron chi connectivity index (χ4n) is 1.56. The number of ether oxygens (including phenoxy) is 1. The average molecular weight is 222 g/mol. The third-order valence-electron chi connectivity index (χ3n) is 2.27. The Balaban J connectivity index is 2.54. The average Bonchev–Trinajstić information content (AvgIpc) is 2.61. The van der Waals surface area contributed by atoms with Crippen molar-refractivity contribution >= 4 is 21.6 Å². The van der Waals surface area contributed by atoms with E-state index in [0.717, 1.165) is 22.8 Å². The lowest BCUT2D eigenvalue weighted by atomic mass is 10.2. The van der Waals surface area contributed by atoms with Crippen molar-refractivity contribution in [3.8, 4) is 5.75 Å². The minimum absolute atomic E-state index is 0.821. The molecule has 4 heteroatoms. The van der Waals surface area contributed by atoms with Crippen LogP contribution in [0.5, 0.6) is 5.75 Å². The third-order valence-corrected chi connectivity index (χ3v) is 3.27. The molecule has 1 aromatic heterocycles. The number of hydrogen-bond donors (Lipinski definition) is 1. The van der Waals surface area contributed by atoms with Gasteiger partial charge >= 0.3 is 0 Å². The molecule has 15 heavy (non-hydrogen) atoms. The van der Waals surface area contributed by atoms with Crippen LogP contribution in [0.2, 0.25) is 0 Å². The minimum Gasteiger partial charge on any atom is -0.497 e. The fourth-order valence-corrected chi connectivity index (χ4v) is 2.64. The summed E-state index contributed by atoms with van der Waals surface area (Å²) in [6, 6.07) is 4.06. The van der Waals surface area contributed by atoms with Gasteiger partial charge in [0, 0.05) is 6.54 Å². The molecule has 0 unspecified atom stereocenters. The predicted octanol–water partition coefficient (Wildman–Crippen LogP) is 2.33. The highest BCUT2D eigenvalue weighted by Crippen LogP contribution is 2.29. The normalized spacial score (nSPS) is 10.9. The van der Waals surface area contributed by atoms with E-state index < -0.39 is 0 Å². The molecule has 2 aromatic rings. The molecule has 1 N–H and O–H groups in total. The topological polar surface area (TPSA) is 34.2 Å². The molecule has 0 saturated carbocycles. The lowest BCUT2D eigenvalue weighted by molar-refractivity contribution is 0.415. The first kappa shape index (κ1) is 10.4. The van der Waals surface area contributed by atoms with E-state index in [-0.39, 0.29) is 0 Å². The molecule has 0 spiro atoms. The van der Waals surface area contributed by atoms with Crippen LogP contribution in [0, 0.1) is 6.92 Å². The van der Waals surface area contributed by atoms with Crippen molar-refractivity contribution in [1.29, 1.82) is 0 Å². The van der Waals surface area contributed by atoms with Gasteiger partial charge in [-0.15, -0.1) is 11.3 Å². The van der Waals surface area contributed by atoms with Gasteiger partial charge < -0.3 is 10.1 Å². The molecule has 0 radical (unpaired) electrons. The number of thiazole rings is 1. The van der Waals surface area contributed by atoms with E-state index >= 15 is 0 Å². The van der Waals surface area contributed by atoms with Crippen molar-refractivity contribution in [2.75, 3.05) is 14.2 Å². The smallest absolute Gasteiger partial charge is 0.120 e. The number of fused-ring (bicyclic) bond motifs is 1. The van der Waals surface area contributed by atoms with Crippen molar-refractivity contribution in [1.82, 2.24) is 10.3 Å². The second-order valence-corrected chi connectivity index (χ2v) is 4.54. The Kier molecular flexibility index (Phi) is 2.88. The van der Waals surface area contributed by atoms with Crippen LogP contribution < -0.4 is 10.1 Å². The van der Waals surface area contributed by atoms with Crippen LogP contribution in [-0.2, 0) is 6.54 Å². The molecule has 80 valence electrons. The fraction of sp³-hybridized carbons (Fsp3) is 0.364. The molecule has 0 fully saturated rings. The number of aromatic nitrogens is 1. The Bertz CT molecular complexity index is 479. The molecule has 1 heterocycles. The first-order valence-corrected chi connectivity index (χ1v) is 5.65. The van der Waals surface area contributed by atoms with E-state index in [0.29, 0.717) is 0 Å². The van der Waals surface area contributed by atoms with Crippen LogP contribution in [0.3, 0.4) is 0 Å². The molecule has 0 aliphatic carbocycles. The Morgan fingerprint density at radius 2 is 2.27 bits per heavy atom. The molecule has 1 aromatic carbocycles. The molecule has 0 atom stereocenters. The molecule has 3 nitrogen and oxygen atoms in total. The van der Waals surface area contributed by atoms with E-state index in [2.05, 4.69) is 17.2 Å². The van der Waals surface area contributed by atoms with Gasteiger partial charge in [0.25, 0.3) is 0 Å². The van der Waals surface area contributed by atoms with Crippen LogP contribution in [0.4, 0.5) is 0 Å². The lowest BCUT2D eigenvalue weighted by Gasteiger charge is -2.00. The Morgan fingerprint density at radius 1 is 1.47 bits per heavy atom. The van der Waals surface area contributed by atoms with Crippen molar-refractivity contribution in [3.63, 3.8) is 0 Å². The van der Waals surface area contributed by atoms with Gasteiger partial charge in [0.2, 0.25) is 0 Å². The number of hydrogen-bond acceptors (Lipinski definition) is 4. The zero-order valence-corrected chi connectivity index (χ0v) is 9.94. The van der Waals surface area contributed by atoms with E-state index in [1.54, 1.807) is 18.4 Å².